The van der Waals surface area contributed by atoms with E-state index in [1.54, 1.807) is 4.57 Å². The zero-order valence-electron chi connectivity index (χ0n) is 18.0. The number of benzene rings is 1. The second kappa shape index (κ2) is 8.88. The van der Waals surface area contributed by atoms with Gasteiger partial charge in [-0.1, -0.05) is 39.0 Å². The van der Waals surface area contributed by atoms with Gasteiger partial charge in [0, 0.05) is 18.2 Å². The highest BCUT2D eigenvalue weighted by molar-refractivity contribution is 5.67. The summed E-state index contributed by atoms with van der Waals surface area (Å²) in [7, 11) is 0. The maximum Gasteiger partial charge on any atom is 0.351 e. The van der Waals surface area contributed by atoms with Crippen molar-refractivity contribution in [3.8, 4) is 17.1 Å². The number of hydrogen-bond donors (Lipinski definition) is 0. The minimum Gasteiger partial charge on any atom is -0.475 e. The lowest BCUT2D eigenvalue weighted by molar-refractivity contribution is -0.102. The fourth-order valence-corrected chi connectivity index (χ4v) is 3.71. The van der Waals surface area contributed by atoms with Crippen LogP contribution in [0.15, 0.2) is 29.1 Å². The summed E-state index contributed by atoms with van der Waals surface area (Å²) in [6.07, 6.45) is 0.659. The van der Waals surface area contributed by atoms with Crippen molar-refractivity contribution in [2.45, 2.75) is 46.4 Å². The zero-order valence-corrected chi connectivity index (χ0v) is 18.0. The fraction of sp³-hybridized carbons (Fsp3) is 0.565. The Kier molecular flexibility index (Phi) is 6.22. The Morgan fingerprint density at radius 1 is 1.23 bits per heavy atom. The van der Waals surface area contributed by atoms with Crippen LogP contribution in [0.2, 0.25) is 0 Å². The van der Waals surface area contributed by atoms with Crippen molar-refractivity contribution in [1.29, 1.82) is 0 Å². The lowest BCUT2D eigenvalue weighted by atomic mass is 9.95. The van der Waals surface area contributed by atoms with Crippen LogP contribution in [-0.2, 0) is 33.8 Å². The molecule has 7 heteroatoms. The molecule has 7 nitrogen and oxygen atoms in total. The molecular formula is C23H30N2O5. The van der Waals surface area contributed by atoms with Gasteiger partial charge in [0.25, 0.3) is 0 Å². The minimum absolute atomic E-state index is 0.137. The molecular weight excluding hydrogens is 384 g/mol. The van der Waals surface area contributed by atoms with E-state index < -0.39 is 0 Å². The monoisotopic (exact) mass is 414 g/mol. The lowest BCUT2D eigenvalue weighted by Gasteiger charge is -2.24. The maximum absolute atomic E-state index is 12.5. The van der Waals surface area contributed by atoms with Crippen molar-refractivity contribution in [3.63, 3.8) is 0 Å². The van der Waals surface area contributed by atoms with Crippen molar-refractivity contribution in [2.24, 2.45) is 5.41 Å². The van der Waals surface area contributed by atoms with Crippen LogP contribution in [0, 0.1) is 5.41 Å². The van der Waals surface area contributed by atoms with Crippen molar-refractivity contribution in [1.82, 2.24) is 9.55 Å². The SMILES string of the molecule is CC(C)(C)COCc1ccc2c(c1)CCn1c-2cc(OCC2COCCO2)nc1=O. The van der Waals surface area contributed by atoms with Crippen molar-refractivity contribution >= 4 is 0 Å². The van der Waals surface area contributed by atoms with Crippen LogP contribution in [0.5, 0.6) is 5.88 Å². The highest BCUT2D eigenvalue weighted by atomic mass is 16.6. The average Bonchev–Trinajstić information content (AvgIpc) is 2.72. The number of fused-ring (bicyclic) bond motifs is 3. The Balaban J connectivity index is 1.50. The molecule has 30 heavy (non-hydrogen) atoms. The first-order valence-corrected chi connectivity index (χ1v) is 10.5. The molecule has 2 aliphatic rings. The molecule has 162 valence electrons. The van der Waals surface area contributed by atoms with E-state index in [1.165, 1.54) is 5.56 Å². The molecule has 2 aliphatic heterocycles. The number of nitrogens with zero attached hydrogens (tertiary/aromatic N) is 2. The summed E-state index contributed by atoms with van der Waals surface area (Å²) >= 11 is 0. The molecule has 1 atom stereocenters. The summed E-state index contributed by atoms with van der Waals surface area (Å²) in [6, 6.07) is 8.16. The van der Waals surface area contributed by atoms with Gasteiger partial charge in [-0.15, -0.1) is 0 Å². The van der Waals surface area contributed by atoms with E-state index >= 15 is 0 Å². The van der Waals surface area contributed by atoms with Gasteiger partial charge in [-0.3, -0.25) is 4.57 Å². The molecule has 0 spiro atoms. The van der Waals surface area contributed by atoms with Gasteiger partial charge in [0.2, 0.25) is 5.88 Å². The molecule has 1 aromatic carbocycles. The van der Waals surface area contributed by atoms with Gasteiger partial charge in [-0.2, -0.15) is 4.98 Å². The second-order valence-electron chi connectivity index (χ2n) is 9.09. The van der Waals surface area contributed by atoms with Gasteiger partial charge < -0.3 is 18.9 Å². The molecule has 1 unspecified atom stereocenters. The van der Waals surface area contributed by atoms with Crippen LogP contribution in [0.1, 0.15) is 31.9 Å². The van der Waals surface area contributed by atoms with E-state index in [0.717, 1.165) is 23.2 Å². The molecule has 0 N–H and O–H groups in total. The zero-order chi connectivity index (χ0) is 21.1. The van der Waals surface area contributed by atoms with Crippen molar-refractivity contribution < 1.29 is 18.9 Å². The second-order valence-corrected chi connectivity index (χ2v) is 9.09. The quantitative estimate of drug-likeness (QED) is 0.724. The highest BCUT2D eigenvalue weighted by Gasteiger charge is 2.21. The summed E-state index contributed by atoms with van der Waals surface area (Å²) in [5.41, 5.74) is 4.11. The van der Waals surface area contributed by atoms with Gasteiger partial charge in [0.1, 0.15) is 12.7 Å². The first kappa shape index (κ1) is 21.0. The Labute approximate surface area is 176 Å². The molecule has 3 heterocycles. The first-order valence-electron chi connectivity index (χ1n) is 10.5. The van der Waals surface area contributed by atoms with Crippen LogP contribution in [0.4, 0.5) is 0 Å². The van der Waals surface area contributed by atoms with Gasteiger partial charge in [-0.05, 0) is 23.0 Å². The van der Waals surface area contributed by atoms with E-state index in [1.807, 2.05) is 6.07 Å². The molecule has 1 saturated heterocycles. The number of ether oxygens (including phenoxy) is 4. The van der Waals surface area contributed by atoms with E-state index in [9.17, 15) is 4.79 Å². The summed E-state index contributed by atoms with van der Waals surface area (Å²) in [5.74, 6) is 0.325. The van der Waals surface area contributed by atoms with E-state index in [-0.39, 0.29) is 17.2 Å². The minimum atomic E-state index is -0.286. The Hall–Kier alpha value is -2.22. The molecule has 2 aromatic rings. The van der Waals surface area contributed by atoms with Gasteiger partial charge >= 0.3 is 5.69 Å². The fourth-order valence-electron chi connectivity index (χ4n) is 3.71. The van der Waals surface area contributed by atoms with Crippen LogP contribution in [-0.4, -0.2) is 48.7 Å². The summed E-state index contributed by atoms with van der Waals surface area (Å²) in [6.45, 7) is 10.4. The number of rotatable bonds is 6. The lowest BCUT2D eigenvalue weighted by Crippen LogP contribution is -2.34. The van der Waals surface area contributed by atoms with Crippen LogP contribution < -0.4 is 10.4 Å². The Morgan fingerprint density at radius 2 is 2.10 bits per heavy atom. The van der Waals surface area contributed by atoms with Crippen molar-refractivity contribution in [2.75, 3.05) is 33.0 Å². The maximum atomic E-state index is 12.5. The van der Waals surface area contributed by atoms with E-state index in [2.05, 4.69) is 44.0 Å². The molecule has 1 fully saturated rings. The van der Waals surface area contributed by atoms with Gasteiger partial charge in [0.05, 0.1) is 38.7 Å². The Morgan fingerprint density at radius 3 is 2.87 bits per heavy atom. The van der Waals surface area contributed by atoms with Gasteiger partial charge in [-0.25, -0.2) is 4.79 Å². The molecule has 1 aromatic heterocycles. The first-order chi connectivity index (χ1) is 14.4. The molecule has 4 rings (SSSR count). The Bertz CT molecular complexity index is 942. The van der Waals surface area contributed by atoms with E-state index in [4.69, 9.17) is 18.9 Å². The third-order valence-electron chi connectivity index (χ3n) is 5.14. The number of aromatic nitrogens is 2. The predicted molar refractivity (Wildman–Crippen MR) is 113 cm³/mol. The number of hydrogen-bond acceptors (Lipinski definition) is 6. The molecule has 0 bridgehead atoms. The van der Waals surface area contributed by atoms with Crippen molar-refractivity contribution in [3.05, 3.63) is 45.9 Å². The topological polar surface area (TPSA) is 71.8 Å². The molecule has 0 amide bonds. The third-order valence-corrected chi connectivity index (χ3v) is 5.14. The largest absolute Gasteiger partial charge is 0.475 e. The van der Waals surface area contributed by atoms with Crippen LogP contribution in [0.25, 0.3) is 11.3 Å². The third kappa shape index (κ3) is 5.09. The van der Waals surface area contributed by atoms with E-state index in [0.29, 0.717) is 52.1 Å². The summed E-state index contributed by atoms with van der Waals surface area (Å²) in [4.78, 5) is 16.6. The summed E-state index contributed by atoms with van der Waals surface area (Å²) in [5, 5.41) is 0. The predicted octanol–water partition coefficient (Wildman–Crippen LogP) is 2.82. The molecule has 0 saturated carbocycles. The van der Waals surface area contributed by atoms with Gasteiger partial charge in [0.15, 0.2) is 0 Å². The smallest absolute Gasteiger partial charge is 0.351 e. The highest BCUT2D eigenvalue weighted by Crippen LogP contribution is 2.30. The summed E-state index contributed by atoms with van der Waals surface area (Å²) < 4.78 is 24.3. The average molecular weight is 415 g/mol. The van der Waals surface area contributed by atoms with Crippen LogP contribution in [0.3, 0.4) is 0 Å². The standard InChI is InChI=1S/C23H30N2O5/c1-23(2,3)15-28-12-16-4-5-19-17(10-16)6-7-25-20(19)11-21(24-22(25)26)30-14-18-13-27-8-9-29-18/h4-5,10-11,18H,6-9,12-15H2,1-3H3. The molecule has 0 radical (unpaired) electrons. The normalized spacial score (nSPS) is 18.6. The number of aryl methyl sites for hydroxylation is 1. The van der Waals surface area contributed by atoms with Crippen LogP contribution >= 0.6 is 0 Å². The molecule has 0 aliphatic carbocycles.